The molecule has 1 amide bonds. The number of fused-ring (bicyclic) bond motifs is 1. The number of carbonyl (C=O) groups is 1. The lowest BCUT2D eigenvalue weighted by Crippen LogP contribution is -2.17. The van der Waals surface area contributed by atoms with Crippen LogP contribution in [0.3, 0.4) is 0 Å². The van der Waals surface area contributed by atoms with E-state index in [1.165, 1.54) is 0 Å². The van der Waals surface area contributed by atoms with E-state index >= 15 is 0 Å². The van der Waals surface area contributed by atoms with E-state index in [1.807, 2.05) is 6.07 Å². The van der Waals surface area contributed by atoms with Gasteiger partial charge in [0.1, 0.15) is 6.54 Å². The third-order valence-electron chi connectivity index (χ3n) is 1.97. The predicted octanol–water partition coefficient (Wildman–Crippen LogP) is 0.104. The first-order valence-corrected chi connectivity index (χ1v) is 4.15. The quantitative estimate of drug-likeness (QED) is 0.658. The minimum absolute atomic E-state index is 0.139. The van der Waals surface area contributed by atoms with Gasteiger partial charge in [-0.3, -0.25) is 4.79 Å². The maximum atomic E-state index is 10.7. The number of rotatable bonds is 2. The molecule has 0 saturated heterocycles. The van der Waals surface area contributed by atoms with Crippen molar-refractivity contribution in [2.24, 2.45) is 5.73 Å². The summed E-state index contributed by atoms with van der Waals surface area (Å²) in [5.74, 6) is -0.388. The molecular formula is C9H10N4O. The molecule has 72 valence electrons. The molecule has 0 aliphatic rings. The van der Waals surface area contributed by atoms with Gasteiger partial charge < -0.3 is 16.0 Å². The summed E-state index contributed by atoms with van der Waals surface area (Å²) in [7, 11) is 0. The van der Waals surface area contributed by atoms with Crippen LogP contribution in [0.4, 0.5) is 5.69 Å². The Bertz CT molecular complexity index is 489. The second kappa shape index (κ2) is 3.02. The maximum absolute atomic E-state index is 10.7. The van der Waals surface area contributed by atoms with Crippen molar-refractivity contribution >= 4 is 22.6 Å². The molecule has 0 spiro atoms. The Morgan fingerprint density at radius 1 is 1.50 bits per heavy atom. The fourth-order valence-corrected chi connectivity index (χ4v) is 1.37. The number of hydrogen-bond acceptors (Lipinski definition) is 3. The smallest absolute Gasteiger partial charge is 0.237 e. The first kappa shape index (κ1) is 8.55. The summed E-state index contributed by atoms with van der Waals surface area (Å²) in [4.78, 5) is 14.8. The van der Waals surface area contributed by atoms with Gasteiger partial charge in [0.2, 0.25) is 5.91 Å². The number of nitrogens with two attached hydrogens (primary N) is 2. The van der Waals surface area contributed by atoms with Crippen molar-refractivity contribution in [3.8, 4) is 0 Å². The van der Waals surface area contributed by atoms with Crippen LogP contribution in [0.15, 0.2) is 24.5 Å². The number of primary amides is 1. The Labute approximate surface area is 80.3 Å². The molecule has 5 nitrogen and oxygen atoms in total. The summed E-state index contributed by atoms with van der Waals surface area (Å²) >= 11 is 0. The molecule has 1 aromatic carbocycles. The average molecular weight is 190 g/mol. The van der Waals surface area contributed by atoms with E-state index in [-0.39, 0.29) is 12.5 Å². The number of carbonyl (C=O) groups excluding carboxylic acids is 1. The van der Waals surface area contributed by atoms with Gasteiger partial charge in [-0.05, 0) is 18.2 Å². The molecule has 0 saturated carbocycles. The molecule has 0 radical (unpaired) electrons. The van der Waals surface area contributed by atoms with Crippen molar-refractivity contribution in [2.45, 2.75) is 6.54 Å². The molecule has 0 aliphatic carbocycles. The van der Waals surface area contributed by atoms with E-state index in [0.29, 0.717) is 5.69 Å². The molecule has 0 fully saturated rings. The minimum Gasteiger partial charge on any atom is -0.399 e. The summed E-state index contributed by atoms with van der Waals surface area (Å²) in [6, 6.07) is 5.34. The van der Waals surface area contributed by atoms with Gasteiger partial charge in [-0.15, -0.1) is 0 Å². The van der Waals surface area contributed by atoms with Gasteiger partial charge in [0, 0.05) is 5.69 Å². The lowest BCUT2D eigenvalue weighted by molar-refractivity contribution is -0.118. The normalized spacial score (nSPS) is 10.6. The fourth-order valence-electron chi connectivity index (χ4n) is 1.37. The van der Waals surface area contributed by atoms with E-state index in [4.69, 9.17) is 11.5 Å². The van der Waals surface area contributed by atoms with Crippen molar-refractivity contribution in [1.29, 1.82) is 0 Å². The number of nitrogens with zero attached hydrogens (tertiary/aromatic N) is 2. The van der Waals surface area contributed by atoms with Crippen LogP contribution in [-0.4, -0.2) is 15.5 Å². The third-order valence-corrected chi connectivity index (χ3v) is 1.97. The molecule has 0 atom stereocenters. The van der Waals surface area contributed by atoms with Gasteiger partial charge in [-0.2, -0.15) is 0 Å². The zero-order valence-corrected chi connectivity index (χ0v) is 7.47. The first-order chi connectivity index (χ1) is 6.66. The summed E-state index contributed by atoms with van der Waals surface area (Å²) in [6.45, 7) is 0.139. The lowest BCUT2D eigenvalue weighted by Gasteiger charge is -1.99. The van der Waals surface area contributed by atoms with Crippen LogP contribution in [0.1, 0.15) is 0 Å². The van der Waals surface area contributed by atoms with Crippen molar-refractivity contribution in [1.82, 2.24) is 9.55 Å². The maximum Gasteiger partial charge on any atom is 0.237 e. The van der Waals surface area contributed by atoms with Crippen molar-refractivity contribution in [3.63, 3.8) is 0 Å². The van der Waals surface area contributed by atoms with Crippen LogP contribution < -0.4 is 11.5 Å². The fraction of sp³-hybridized carbons (Fsp3) is 0.111. The van der Waals surface area contributed by atoms with E-state index in [1.54, 1.807) is 23.0 Å². The van der Waals surface area contributed by atoms with Gasteiger partial charge in [0.25, 0.3) is 0 Å². The number of hydrogen-bond donors (Lipinski definition) is 2. The van der Waals surface area contributed by atoms with Crippen LogP contribution in [0.25, 0.3) is 11.0 Å². The van der Waals surface area contributed by atoms with E-state index in [9.17, 15) is 4.79 Å². The van der Waals surface area contributed by atoms with Gasteiger partial charge in [-0.1, -0.05) is 0 Å². The number of benzene rings is 1. The van der Waals surface area contributed by atoms with Crippen LogP contribution in [0.5, 0.6) is 0 Å². The van der Waals surface area contributed by atoms with Crippen LogP contribution in [-0.2, 0) is 11.3 Å². The van der Waals surface area contributed by atoms with Crippen LogP contribution in [0.2, 0.25) is 0 Å². The number of aromatic nitrogens is 2. The molecule has 2 rings (SSSR count). The number of imidazole rings is 1. The van der Waals surface area contributed by atoms with Crippen LogP contribution in [0, 0.1) is 0 Å². The average Bonchev–Trinajstić information content (AvgIpc) is 2.47. The van der Waals surface area contributed by atoms with Gasteiger partial charge >= 0.3 is 0 Å². The zero-order chi connectivity index (χ0) is 10.1. The minimum atomic E-state index is -0.388. The van der Waals surface area contributed by atoms with E-state index in [0.717, 1.165) is 11.0 Å². The van der Waals surface area contributed by atoms with Crippen molar-refractivity contribution in [2.75, 3.05) is 5.73 Å². The molecule has 0 unspecified atom stereocenters. The highest BCUT2D eigenvalue weighted by atomic mass is 16.1. The second-order valence-corrected chi connectivity index (χ2v) is 3.09. The Balaban J connectivity index is 2.52. The largest absolute Gasteiger partial charge is 0.399 e. The van der Waals surface area contributed by atoms with E-state index < -0.39 is 0 Å². The SMILES string of the molecule is NC(=O)Cn1cnc2cc(N)ccc21. The molecule has 14 heavy (non-hydrogen) atoms. The summed E-state index contributed by atoms with van der Waals surface area (Å²) in [5, 5.41) is 0. The molecule has 1 aromatic heterocycles. The summed E-state index contributed by atoms with van der Waals surface area (Å²) < 4.78 is 1.69. The Morgan fingerprint density at radius 3 is 3.00 bits per heavy atom. The summed E-state index contributed by atoms with van der Waals surface area (Å²) in [5.41, 5.74) is 13.0. The second-order valence-electron chi connectivity index (χ2n) is 3.09. The van der Waals surface area contributed by atoms with Gasteiger partial charge in [0.05, 0.1) is 17.4 Å². The molecule has 1 heterocycles. The first-order valence-electron chi connectivity index (χ1n) is 4.15. The Kier molecular flexibility index (Phi) is 1.85. The monoisotopic (exact) mass is 190 g/mol. The number of nitrogen functional groups attached to an aromatic ring is 1. The molecule has 0 aliphatic heterocycles. The van der Waals surface area contributed by atoms with Crippen molar-refractivity contribution < 1.29 is 4.79 Å². The third kappa shape index (κ3) is 1.39. The highest BCUT2D eigenvalue weighted by Gasteiger charge is 2.04. The Hall–Kier alpha value is -2.04. The van der Waals surface area contributed by atoms with Crippen LogP contribution >= 0.6 is 0 Å². The lowest BCUT2D eigenvalue weighted by atomic mass is 10.3. The number of anilines is 1. The van der Waals surface area contributed by atoms with Crippen molar-refractivity contribution in [3.05, 3.63) is 24.5 Å². The predicted molar refractivity (Wildman–Crippen MR) is 53.3 cm³/mol. The highest BCUT2D eigenvalue weighted by molar-refractivity contribution is 5.81. The standard InChI is InChI=1S/C9H10N4O/c10-6-1-2-8-7(3-6)12-5-13(8)4-9(11)14/h1-3,5H,4,10H2,(H2,11,14). The molecular weight excluding hydrogens is 180 g/mol. The molecule has 2 aromatic rings. The molecule has 0 bridgehead atoms. The van der Waals surface area contributed by atoms with E-state index in [2.05, 4.69) is 4.98 Å². The van der Waals surface area contributed by atoms with Gasteiger partial charge in [0.15, 0.2) is 0 Å². The summed E-state index contributed by atoms with van der Waals surface area (Å²) in [6.07, 6.45) is 1.58. The Morgan fingerprint density at radius 2 is 2.29 bits per heavy atom. The molecule has 4 N–H and O–H groups in total. The topological polar surface area (TPSA) is 86.9 Å². The zero-order valence-electron chi connectivity index (χ0n) is 7.47. The number of amides is 1. The molecule has 5 heteroatoms. The highest BCUT2D eigenvalue weighted by Crippen LogP contribution is 2.15. The van der Waals surface area contributed by atoms with Gasteiger partial charge in [-0.25, -0.2) is 4.98 Å².